The zero-order chi connectivity index (χ0) is 22.9. The van der Waals surface area contributed by atoms with Gasteiger partial charge in [0.05, 0.1) is 17.8 Å². The van der Waals surface area contributed by atoms with Crippen molar-refractivity contribution in [3.05, 3.63) is 90.0 Å². The van der Waals surface area contributed by atoms with Crippen molar-refractivity contribution in [1.82, 2.24) is 4.90 Å². The monoisotopic (exact) mass is 440 g/mol. The molecule has 1 heterocycles. The molecule has 1 aliphatic rings. The van der Waals surface area contributed by atoms with Gasteiger partial charge in [-0.1, -0.05) is 42.5 Å². The number of hydrogen-bond donors (Lipinski definition) is 1. The summed E-state index contributed by atoms with van der Waals surface area (Å²) in [6, 6.07) is 27.5. The highest BCUT2D eigenvalue weighted by Gasteiger charge is 2.19. The van der Waals surface area contributed by atoms with Crippen LogP contribution < -0.4 is 15.0 Å². The molecule has 1 saturated heterocycles. The number of hydrogen-bond acceptors (Lipinski definition) is 5. The fraction of sp³-hybridized carbons (Fsp3) is 0.259. The van der Waals surface area contributed by atoms with E-state index in [1.807, 2.05) is 78.9 Å². The van der Waals surface area contributed by atoms with Crippen LogP contribution in [-0.2, 0) is 11.4 Å². The second-order valence-corrected chi connectivity index (χ2v) is 8.09. The lowest BCUT2D eigenvalue weighted by molar-refractivity contribution is -0.117. The molecule has 0 radical (unpaired) electrons. The zero-order valence-corrected chi connectivity index (χ0v) is 18.6. The first-order valence-corrected chi connectivity index (χ1v) is 11.2. The summed E-state index contributed by atoms with van der Waals surface area (Å²) in [4.78, 5) is 17.0. The maximum absolute atomic E-state index is 12.6. The molecule has 0 bridgehead atoms. The van der Waals surface area contributed by atoms with Gasteiger partial charge in [0.2, 0.25) is 5.91 Å². The molecule has 6 nitrogen and oxygen atoms in total. The SMILES string of the molecule is N#Cc1ccccc1N1CCCN(CC(=O)Nc2ccc(OCc3ccccc3)cc2)CC1. The predicted molar refractivity (Wildman–Crippen MR) is 130 cm³/mol. The van der Waals surface area contributed by atoms with Crippen molar-refractivity contribution in [3.8, 4) is 11.8 Å². The number of nitrogens with zero attached hydrogens (tertiary/aromatic N) is 3. The molecule has 33 heavy (non-hydrogen) atoms. The average molecular weight is 441 g/mol. The van der Waals surface area contributed by atoms with Crippen molar-refractivity contribution in [2.24, 2.45) is 0 Å². The lowest BCUT2D eigenvalue weighted by Crippen LogP contribution is -2.36. The van der Waals surface area contributed by atoms with E-state index >= 15 is 0 Å². The van der Waals surface area contributed by atoms with Crippen molar-refractivity contribution in [2.75, 3.05) is 42.9 Å². The molecular weight excluding hydrogens is 412 g/mol. The number of carbonyl (C=O) groups is 1. The van der Waals surface area contributed by atoms with Gasteiger partial charge in [-0.3, -0.25) is 9.69 Å². The molecule has 0 aromatic heterocycles. The lowest BCUT2D eigenvalue weighted by Gasteiger charge is -2.24. The summed E-state index contributed by atoms with van der Waals surface area (Å²) in [5.74, 6) is 0.737. The van der Waals surface area contributed by atoms with Gasteiger partial charge in [-0.15, -0.1) is 0 Å². The van der Waals surface area contributed by atoms with Crippen LogP contribution in [0.5, 0.6) is 5.75 Å². The number of benzene rings is 3. The summed E-state index contributed by atoms with van der Waals surface area (Å²) in [6.07, 6.45) is 0.945. The van der Waals surface area contributed by atoms with Crippen molar-refractivity contribution in [2.45, 2.75) is 13.0 Å². The van der Waals surface area contributed by atoms with Crippen LogP contribution in [0.15, 0.2) is 78.9 Å². The molecule has 1 fully saturated rings. The molecule has 0 unspecified atom stereocenters. The highest BCUT2D eigenvalue weighted by molar-refractivity contribution is 5.92. The molecule has 0 spiro atoms. The second-order valence-electron chi connectivity index (χ2n) is 8.09. The largest absolute Gasteiger partial charge is 0.489 e. The third-order valence-electron chi connectivity index (χ3n) is 5.71. The third-order valence-corrected chi connectivity index (χ3v) is 5.71. The van der Waals surface area contributed by atoms with Crippen LogP contribution in [0.1, 0.15) is 17.5 Å². The van der Waals surface area contributed by atoms with Crippen LogP contribution in [0.25, 0.3) is 0 Å². The fourth-order valence-corrected chi connectivity index (χ4v) is 3.99. The first-order valence-electron chi connectivity index (χ1n) is 11.2. The Morgan fingerprint density at radius 3 is 2.45 bits per heavy atom. The maximum Gasteiger partial charge on any atom is 0.238 e. The molecule has 3 aromatic carbocycles. The van der Waals surface area contributed by atoms with E-state index in [-0.39, 0.29) is 5.91 Å². The molecule has 1 N–H and O–H groups in total. The summed E-state index contributed by atoms with van der Waals surface area (Å²) >= 11 is 0. The third kappa shape index (κ3) is 6.34. The Morgan fingerprint density at radius 2 is 1.67 bits per heavy atom. The molecule has 0 atom stereocenters. The first kappa shape index (κ1) is 22.4. The van der Waals surface area contributed by atoms with E-state index in [2.05, 4.69) is 21.2 Å². The number of ether oxygens (including phenoxy) is 1. The minimum atomic E-state index is -0.0289. The number of nitriles is 1. The van der Waals surface area contributed by atoms with Gasteiger partial charge < -0.3 is 15.0 Å². The van der Waals surface area contributed by atoms with Crippen LogP contribution in [0.2, 0.25) is 0 Å². The quantitative estimate of drug-likeness (QED) is 0.594. The first-order chi connectivity index (χ1) is 16.2. The molecule has 4 rings (SSSR count). The van der Waals surface area contributed by atoms with E-state index < -0.39 is 0 Å². The molecule has 1 amide bonds. The summed E-state index contributed by atoms with van der Waals surface area (Å²) < 4.78 is 5.80. The Morgan fingerprint density at radius 1 is 0.909 bits per heavy atom. The number of amides is 1. The van der Waals surface area contributed by atoms with Crippen LogP contribution in [0.3, 0.4) is 0 Å². The molecule has 0 aliphatic carbocycles. The molecule has 1 aliphatic heterocycles. The Labute approximate surface area is 195 Å². The normalized spacial score (nSPS) is 14.2. The van der Waals surface area contributed by atoms with Gasteiger partial charge in [-0.05, 0) is 48.4 Å². The highest BCUT2D eigenvalue weighted by Crippen LogP contribution is 2.21. The van der Waals surface area contributed by atoms with Crippen LogP contribution >= 0.6 is 0 Å². The molecule has 0 saturated carbocycles. The Hall–Kier alpha value is -3.82. The minimum absolute atomic E-state index is 0.0289. The number of nitrogens with one attached hydrogen (secondary N) is 1. The standard InChI is InChI=1S/C27H28N4O2/c28-19-23-9-4-5-10-26(23)31-16-6-15-30(17-18-31)20-27(32)29-24-11-13-25(14-12-24)33-21-22-7-2-1-3-8-22/h1-5,7-14H,6,15-18,20-21H2,(H,29,32). The van der Waals surface area contributed by atoms with Crippen LogP contribution in [-0.4, -0.2) is 43.5 Å². The van der Waals surface area contributed by atoms with Crippen molar-refractivity contribution >= 4 is 17.3 Å². The Kier molecular flexibility index (Phi) is 7.57. The highest BCUT2D eigenvalue weighted by atomic mass is 16.5. The van der Waals surface area contributed by atoms with E-state index in [1.54, 1.807) is 0 Å². The number of carbonyl (C=O) groups excluding carboxylic acids is 1. The van der Waals surface area contributed by atoms with Gasteiger partial charge in [-0.2, -0.15) is 5.26 Å². The smallest absolute Gasteiger partial charge is 0.238 e. The number of rotatable bonds is 7. The molecule has 6 heteroatoms. The summed E-state index contributed by atoms with van der Waals surface area (Å²) in [6.45, 7) is 4.16. The van der Waals surface area contributed by atoms with Gasteiger partial charge >= 0.3 is 0 Å². The summed E-state index contributed by atoms with van der Waals surface area (Å²) in [7, 11) is 0. The predicted octanol–water partition coefficient (Wildman–Crippen LogP) is 4.29. The van der Waals surface area contributed by atoms with Crippen LogP contribution in [0.4, 0.5) is 11.4 Å². The minimum Gasteiger partial charge on any atom is -0.489 e. The Balaban J connectivity index is 1.25. The average Bonchev–Trinajstić information content (AvgIpc) is 3.09. The van der Waals surface area contributed by atoms with E-state index in [9.17, 15) is 10.1 Å². The topological polar surface area (TPSA) is 68.6 Å². The summed E-state index contributed by atoms with van der Waals surface area (Å²) in [5, 5.41) is 12.4. The number of para-hydroxylation sites is 1. The van der Waals surface area contributed by atoms with Crippen molar-refractivity contribution < 1.29 is 9.53 Å². The molecule has 3 aromatic rings. The number of anilines is 2. The van der Waals surface area contributed by atoms with Gasteiger partial charge in [0.1, 0.15) is 18.4 Å². The van der Waals surface area contributed by atoms with E-state index in [1.165, 1.54) is 0 Å². The Bertz CT molecular complexity index is 1090. The second kappa shape index (κ2) is 11.2. The molecular formula is C27H28N4O2. The van der Waals surface area contributed by atoms with Gasteiger partial charge in [0.25, 0.3) is 0 Å². The lowest BCUT2D eigenvalue weighted by atomic mass is 10.1. The zero-order valence-electron chi connectivity index (χ0n) is 18.6. The van der Waals surface area contributed by atoms with Gasteiger partial charge in [0.15, 0.2) is 0 Å². The van der Waals surface area contributed by atoms with E-state index in [0.29, 0.717) is 18.7 Å². The maximum atomic E-state index is 12.6. The van der Waals surface area contributed by atoms with E-state index in [0.717, 1.165) is 55.3 Å². The van der Waals surface area contributed by atoms with E-state index in [4.69, 9.17) is 4.74 Å². The van der Waals surface area contributed by atoms with Gasteiger partial charge in [0, 0.05) is 31.9 Å². The fourth-order valence-electron chi connectivity index (χ4n) is 3.99. The van der Waals surface area contributed by atoms with Crippen molar-refractivity contribution in [3.63, 3.8) is 0 Å². The van der Waals surface area contributed by atoms with Crippen LogP contribution in [0, 0.1) is 11.3 Å². The molecule has 168 valence electrons. The van der Waals surface area contributed by atoms with Gasteiger partial charge in [-0.25, -0.2) is 0 Å². The van der Waals surface area contributed by atoms with Crippen molar-refractivity contribution in [1.29, 1.82) is 5.26 Å². The summed E-state index contributed by atoms with van der Waals surface area (Å²) in [5.41, 5.74) is 3.54.